The van der Waals surface area contributed by atoms with Crippen LogP contribution in [0.25, 0.3) is 0 Å². The van der Waals surface area contributed by atoms with Crippen LogP contribution in [0, 0.1) is 20.8 Å². The molecule has 2 nitrogen and oxygen atoms in total. The van der Waals surface area contributed by atoms with Crippen LogP contribution in [0.3, 0.4) is 0 Å². The third kappa shape index (κ3) is 4.19. The van der Waals surface area contributed by atoms with Crippen LogP contribution < -0.4 is 5.32 Å². The highest BCUT2D eigenvalue weighted by Gasteiger charge is 2.11. The second-order valence-corrected chi connectivity index (χ2v) is 5.81. The second-order valence-electron chi connectivity index (χ2n) is 5.81. The van der Waals surface area contributed by atoms with E-state index in [1.165, 1.54) is 16.7 Å². The minimum absolute atomic E-state index is 0.0313. The van der Waals surface area contributed by atoms with Crippen molar-refractivity contribution in [3.05, 3.63) is 70.3 Å². The molecule has 0 aliphatic heterocycles. The van der Waals surface area contributed by atoms with E-state index in [2.05, 4.69) is 62.5 Å². The fourth-order valence-corrected chi connectivity index (χ4v) is 2.45. The predicted octanol–water partition coefficient (Wildman–Crippen LogP) is 4.03. The molecule has 21 heavy (non-hydrogen) atoms. The largest absolute Gasteiger partial charge is 0.349 e. The van der Waals surface area contributed by atoms with E-state index in [9.17, 15) is 4.79 Å². The Bertz CT molecular complexity index is 629. The van der Waals surface area contributed by atoms with Crippen LogP contribution in [-0.4, -0.2) is 5.91 Å². The Morgan fingerprint density at radius 1 is 1.00 bits per heavy atom. The molecule has 0 radical (unpaired) electrons. The molecule has 2 heteroatoms. The van der Waals surface area contributed by atoms with Crippen LogP contribution in [0.15, 0.2) is 42.5 Å². The summed E-state index contributed by atoms with van der Waals surface area (Å²) in [5, 5.41) is 3.07. The number of benzene rings is 2. The SMILES string of the molecule is Cc1ccc([C@H](C)NC(=O)Cc2ccc(C)cc2C)cc1. The van der Waals surface area contributed by atoms with Crippen molar-refractivity contribution in [2.24, 2.45) is 0 Å². The Hall–Kier alpha value is -2.09. The van der Waals surface area contributed by atoms with Crippen LogP contribution >= 0.6 is 0 Å². The molecule has 0 bridgehead atoms. The summed E-state index contributed by atoms with van der Waals surface area (Å²) in [5.41, 5.74) is 5.86. The van der Waals surface area contributed by atoms with Gasteiger partial charge in [-0.1, -0.05) is 53.6 Å². The standard InChI is InChI=1S/C19H23NO/c1-13-5-8-17(9-6-13)16(4)20-19(21)12-18-10-7-14(2)11-15(18)3/h5-11,16H,12H2,1-4H3,(H,20,21)/t16-/m0/s1. The Morgan fingerprint density at radius 3 is 2.24 bits per heavy atom. The Kier molecular flexibility index (Phi) is 4.79. The first-order chi connectivity index (χ1) is 9.95. The van der Waals surface area contributed by atoms with Gasteiger partial charge < -0.3 is 5.32 Å². The van der Waals surface area contributed by atoms with Crippen molar-refractivity contribution in [3.8, 4) is 0 Å². The zero-order valence-corrected chi connectivity index (χ0v) is 13.2. The summed E-state index contributed by atoms with van der Waals surface area (Å²) in [5.74, 6) is 0.0648. The topological polar surface area (TPSA) is 29.1 Å². The van der Waals surface area contributed by atoms with Crippen LogP contribution in [-0.2, 0) is 11.2 Å². The van der Waals surface area contributed by atoms with Crippen molar-refractivity contribution in [2.75, 3.05) is 0 Å². The molecule has 0 aliphatic rings. The van der Waals surface area contributed by atoms with Gasteiger partial charge in [-0.15, -0.1) is 0 Å². The first-order valence-corrected chi connectivity index (χ1v) is 7.38. The molecule has 0 saturated carbocycles. The number of hydrogen-bond acceptors (Lipinski definition) is 1. The smallest absolute Gasteiger partial charge is 0.224 e. The van der Waals surface area contributed by atoms with Crippen LogP contribution in [0.5, 0.6) is 0 Å². The summed E-state index contributed by atoms with van der Waals surface area (Å²) in [7, 11) is 0. The summed E-state index contributed by atoms with van der Waals surface area (Å²) in [4.78, 5) is 12.2. The lowest BCUT2D eigenvalue weighted by Gasteiger charge is -2.15. The maximum atomic E-state index is 12.2. The van der Waals surface area contributed by atoms with Gasteiger partial charge in [-0.25, -0.2) is 0 Å². The maximum Gasteiger partial charge on any atom is 0.224 e. The number of aryl methyl sites for hydroxylation is 3. The molecule has 1 amide bonds. The molecule has 1 atom stereocenters. The molecule has 2 aromatic carbocycles. The molecule has 110 valence electrons. The van der Waals surface area contributed by atoms with Gasteiger partial charge in [0.15, 0.2) is 0 Å². The molecule has 0 fully saturated rings. The summed E-state index contributed by atoms with van der Waals surface area (Å²) in [6, 6.07) is 14.5. The first kappa shape index (κ1) is 15.3. The number of carbonyl (C=O) groups excluding carboxylic acids is 1. The minimum atomic E-state index is 0.0313. The fraction of sp³-hybridized carbons (Fsp3) is 0.316. The highest BCUT2D eigenvalue weighted by molar-refractivity contribution is 5.79. The quantitative estimate of drug-likeness (QED) is 0.900. The van der Waals surface area contributed by atoms with Gasteiger partial charge in [0.2, 0.25) is 5.91 Å². The molecule has 2 aromatic rings. The summed E-state index contributed by atoms with van der Waals surface area (Å²) in [6.07, 6.45) is 0.433. The predicted molar refractivity (Wildman–Crippen MR) is 87.4 cm³/mol. The lowest BCUT2D eigenvalue weighted by atomic mass is 10.0. The van der Waals surface area contributed by atoms with Gasteiger partial charge in [-0.2, -0.15) is 0 Å². The van der Waals surface area contributed by atoms with Crippen molar-refractivity contribution in [2.45, 2.75) is 40.2 Å². The molecule has 0 saturated heterocycles. The summed E-state index contributed by atoms with van der Waals surface area (Å²) >= 11 is 0. The van der Waals surface area contributed by atoms with Crippen molar-refractivity contribution in [1.29, 1.82) is 0 Å². The van der Waals surface area contributed by atoms with E-state index in [1.807, 2.05) is 13.0 Å². The van der Waals surface area contributed by atoms with Gasteiger partial charge in [0.1, 0.15) is 0 Å². The van der Waals surface area contributed by atoms with Crippen LogP contribution in [0.4, 0.5) is 0 Å². The van der Waals surface area contributed by atoms with E-state index < -0.39 is 0 Å². The van der Waals surface area contributed by atoms with Crippen molar-refractivity contribution in [3.63, 3.8) is 0 Å². The maximum absolute atomic E-state index is 12.2. The molecule has 0 aliphatic carbocycles. The second kappa shape index (κ2) is 6.57. The minimum Gasteiger partial charge on any atom is -0.349 e. The van der Waals surface area contributed by atoms with E-state index in [0.717, 1.165) is 11.1 Å². The lowest BCUT2D eigenvalue weighted by Crippen LogP contribution is -2.28. The number of nitrogens with one attached hydrogen (secondary N) is 1. The average Bonchev–Trinajstić information content (AvgIpc) is 2.42. The van der Waals surface area contributed by atoms with Gasteiger partial charge in [-0.05, 0) is 44.4 Å². The van der Waals surface area contributed by atoms with E-state index in [4.69, 9.17) is 0 Å². The molecular formula is C19H23NO. The molecule has 1 N–H and O–H groups in total. The van der Waals surface area contributed by atoms with E-state index in [0.29, 0.717) is 6.42 Å². The van der Waals surface area contributed by atoms with Gasteiger partial charge in [-0.3, -0.25) is 4.79 Å². The number of rotatable bonds is 4. The molecule has 2 rings (SSSR count). The average molecular weight is 281 g/mol. The summed E-state index contributed by atoms with van der Waals surface area (Å²) in [6.45, 7) is 8.20. The van der Waals surface area contributed by atoms with Gasteiger partial charge >= 0.3 is 0 Å². The van der Waals surface area contributed by atoms with E-state index in [-0.39, 0.29) is 11.9 Å². The highest BCUT2D eigenvalue weighted by Crippen LogP contribution is 2.15. The van der Waals surface area contributed by atoms with Crippen molar-refractivity contribution < 1.29 is 4.79 Å². The zero-order valence-electron chi connectivity index (χ0n) is 13.2. The van der Waals surface area contributed by atoms with Crippen molar-refractivity contribution in [1.82, 2.24) is 5.32 Å². The van der Waals surface area contributed by atoms with Crippen LogP contribution in [0.2, 0.25) is 0 Å². The molecule has 0 heterocycles. The molecule has 0 aromatic heterocycles. The fourth-order valence-electron chi connectivity index (χ4n) is 2.45. The van der Waals surface area contributed by atoms with Gasteiger partial charge in [0, 0.05) is 0 Å². The Labute approximate surface area is 127 Å². The first-order valence-electron chi connectivity index (χ1n) is 7.38. The zero-order chi connectivity index (χ0) is 15.4. The Balaban J connectivity index is 1.99. The Morgan fingerprint density at radius 2 is 1.62 bits per heavy atom. The highest BCUT2D eigenvalue weighted by atomic mass is 16.1. The molecule has 0 spiro atoms. The van der Waals surface area contributed by atoms with Gasteiger partial charge in [0.05, 0.1) is 12.5 Å². The van der Waals surface area contributed by atoms with E-state index in [1.54, 1.807) is 0 Å². The van der Waals surface area contributed by atoms with E-state index >= 15 is 0 Å². The van der Waals surface area contributed by atoms with Crippen molar-refractivity contribution >= 4 is 5.91 Å². The van der Waals surface area contributed by atoms with Crippen LogP contribution in [0.1, 0.15) is 40.8 Å². The normalized spacial score (nSPS) is 12.0. The lowest BCUT2D eigenvalue weighted by molar-refractivity contribution is -0.121. The van der Waals surface area contributed by atoms with Gasteiger partial charge in [0.25, 0.3) is 0 Å². The third-order valence-corrected chi connectivity index (χ3v) is 3.80. The molecule has 0 unspecified atom stereocenters. The third-order valence-electron chi connectivity index (χ3n) is 3.80. The number of amides is 1. The number of carbonyl (C=O) groups is 1. The summed E-state index contributed by atoms with van der Waals surface area (Å²) < 4.78 is 0. The molecular weight excluding hydrogens is 258 g/mol. The monoisotopic (exact) mass is 281 g/mol. The number of hydrogen-bond donors (Lipinski definition) is 1.